The Morgan fingerprint density at radius 2 is 1.78 bits per heavy atom. The predicted octanol–water partition coefficient (Wildman–Crippen LogP) is 3.19. The topological polar surface area (TPSA) is 46.3 Å². The minimum absolute atomic E-state index is 0. The zero-order chi connectivity index (χ0) is 15.7. The molecule has 122 valence electrons. The van der Waals surface area contributed by atoms with E-state index in [4.69, 9.17) is 5.73 Å². The van der Waals surface area contributed by atoms with Crippen LogP contribution in [-0.4, -0.2) is 11.9 Å². The number of amides is 1. The number of aryl methyl sites for hydroxylation is 1. The second kappa shape index (κ2) is 7.06. The lowest BCUT2D eigenvalue weighted by atomic mass is 10.1. The Labute approximate surface area is 139 Å². The molecule has 1 atom stereocenters. The van der Waals surface area contributed by atoms with Gasteiger partial charge in [0.1, 0.15) is 11.6 Å². The van der Waals surface area contributed by atoms with Crippen LogP contribution in [0.25, 0.3) is 0 Å². The molecule has 2 aromatic carbocycles. The fourth-order valence-electron chi connectivity index (χ4n) is 2.79. The van der Waals surface area contributed by atoms with Gasteiger partial charge in [0, 0.05) is 11.8 Å². The molecule has 2 aromatic rings. The molecule has 1 aliphatic rings. The van der Waals surface area contributed by atoms with Crippen LogP contribution in [0, 0.1) is 11.6 Å². The lowest BCUT2D eigenvalue weighted by molar-refractivity contribution is -0.120. The molecule has 0 fully saturated rings. The summed E-state index contributed by atoms with van der Waals surface area (Å²) >= 11 is 0. The molecule has 0 aliphatic carbocycles. The largest absolute Gasteiger partial charge is 0.320 e. The van der Waals surface area contributed by atoms with Gasteiger partial charge in [0.15, 0.2) is 0 Å². The first-order valence-corrected chi connectivity index (χ1v) is 7.14. The molecular weight excluding hydrogens is 322 g/mol. The fourth-order valence-corrected chi connectivity index (χ4v) is 2.79. The van der Waals surface area contributed by atoms with Crippen LogP contribution in [-0.2, 0) is 17.8 Å². The molecular formula is C17H17ClF2N2O. The lowest BCUT2D eigenvalue weighted by Crippen LogP contribution is -2.42. The number of carbonyl (C=O) groups excluding carboxylic acids is 1. The van der Waals surface area contributed by atoms with Gasteiger partial charge in [-0.2, -0.15) is 0 Å². The summed E-state index contributed by atoms with van der Waals surface area (Å²) in [5, 5.41) is 0. The van der Waals surface area contributed by atoms with E-state index in [1.807, 2.05) is 24.3 Å². The Morgan fingerprint density at radius 1 is 1.13 bits per heavy atom. The third-order valence-electron chi connectivity index (χ3n) is 3.85. The van der Waals surface area contributed by atoms with E-state index in [2.05, 4.69) is 0 Å². The average Bonchev–Trinajstić information content (AvgIpc) is 2.59. The molecule has 0 bridgehead atoms. The summed E-state index contributed by atoms with van der Waals surface area (Å²) in [5.74, 6) is -1.54. The molecule has 1 unspecified atom stereocenters. The van der Waals surface area contributed by atoms with Gasteiger partial charge >= 0.3 is 0 Å². The summed E-state index contributed by atoms with van der Waals surface area (Å²) in [5.41, 5.74) is 8.09. The molecule has 3 rings (SSSR count). The lowest BCUT2D eigenvalue weighted by Gasteiger charge is -2.24. The summed E-state index contributed by atoms with van der Waals surface area (Å²) in [6.45, 7) is 0.0955. The van der Waals surface area contributed by atoms with Gasteiger partial charge in [-0.05, 0) is 42.2 Å². The van der Waals surface area contributed by atoms with Crippen molar-refractivity contribution in [2.24, 2.45) is 5.73 Å². The Bertz CT molecular complexity index is 703. The van der Waals surface area contributed by atoms with Crippen molar-refractivity contribution in [3.63, 3.8) is 0 Å². The summed E-state index contributed by atoms with van der Waals surface area (Å²) < 4.78 is 26.7. The second-order valence-electron chi connectivity index (χ2n) is 5.48. The van der Waals surface area contributed by atoms with Crippen molar-refractivity contribution < 1.29 is 13.6 Å². The van der Waals surface area contributed by atoms with Crippen LogP contribution in [0.2, 0.25) is 0 Å². The summed E-state index contributed by atoms with van der Waals surface area (Å²) in [4.78, 5) is 14.0. The van der Waals surface area contributed by atoms with Crippen molar-refractivity contribution in [3.8, 4) is 0 Å². The number of para-hydroxylation sites is 1. The quantitative estimate of drug-likeness (QED) is 0.914. The van der Waals surface area contributed by atoms with E-state index in [9.17, 15) is 13.6 Å². The van der Waals surface area contributed by atoms with E-state index in [1.54, 1.807) is 0 Å². The first kappa shape index (κ1) is 17.4. The molecule has 1 heterocycles. The molecule has 2 N–H and O–H groups in total. The van der Waals surface area contributed by atoms with Gasteiger partial charge in [-0.3, -0.25) is 4.79 Å². The second-order valence-corrected chi connectivity index (χ2v) is 5.48. The van der Waals surface area contributed by atoms with Crippen molar-refractivity contribution in [1.82, 2.24) is 0 Å². The van der Waals surface area contributed by atoms with Crippen molar-refractivity contribution in [1.29, 1.82) is 0 Å². The highest BCUT2D eigenvalue weighted by Crippen LogP contribution is 2.28. The zero-order valence-electron chi connectivity index (χ0n) is 12.3. The van der Waals surface area contributed by atoms with E-state index in [0.717, 1.165) is 17.3 Å². The fraction of sp³-hybridized carbons (Fsp3) is 0.235. The minimum Gasteiger partial charge on any atom is -0.320 e. The number of halogens is 3. The molecule has 0 spiro atoms. The third kappa shape index (κ3) is 3.68. The van der Waals surface area contributed by atoms with Crippen molar-refractivity contribution >= 4 is 24.0 Å². The maximum absolute atomic E-state index is 13.4. The summed E-state index contributed by atoms with van der Waals surface area (Å²) in [7, 11) is 0. The predicted molar refractivity (Wildman–Crippen MR) is 87.5 cm³/mol. The highest BCUT2D eigenvalue weighted by Gasteiger charge is 2.27. The number of rotatable bonds is 2. The summed E-state index contributed by atoms with van der Waals surface area (Å²) in [6.07, 6.45) is 1.26. The van der Waals surface area contributed by atoms with Gasteiger partial charge in [-0.1, -0.05) is 18.2 Å². The number of anilines is 1. The number of benzene rings is 2. The number of carbonyl (C=O) groups is 1. The van der Waals surface area contributed by atoms with Gasteiger partial charge in [0.2, 0.25) is 5.91 Å². The van der Waals surface area contributed by atoms with Gasteiger partial charge in [-0.25, -0.2) is 8.78 Å². The number of nitrogens with two attached hydrogens (primary N) is 1. The van der Waals surface area contributed by atoms with Crippen molar-refractivity contribution in [3.05, 3.63) is 65.2 Å². The van der Waals surface area contributed by atoms with E-state index in [0.29, 0.717) is 18.4 Å². The van der Waals surface area contributed by atoms with Crippen LogP contribution in [0.1, 0.15) is 17.5 Å². The van der Waals surface area contributed by atoms with Gasteiger partial charge in [0.25, 0.3) is 0 Å². The van der Waals surface area contributed by atoms with Crippen LogP contribution in [0.15, 0.2) is 42.5 Å². The highest BCUT2D eigenvalue weighted by molar-refractivity contribution is 5.98. The summed E-state index contributed by atoms with van der Waals surface area (Å²) in [6, 6.07) is 10.2. The Hall–Kier alpha value is -1.98. The highest BCUT2D eigenvalue weighted by atomic mass is 35.5. The first-order chi connectivity index (χ1) is 10.5. The molecule has 0 aromatic heterocycles. The zero-order valence-corrected chi connectivity index (χ0v) is 13.2. The van der Waals surface area contributed by atoms with E-state index < -0.39 is 17.7 Å². The molecule has 1 amide bonds. The van der Waals surface area contributed by atoms with Crippen LogP contribution in [0.4, 0.5) is 14.5 Å². The third-order valence-corrected chi connectivity index (χ3v) is 3.85. The Kier molecular flexibility index (Phi) is 5.34. The normalized spacial score (nSPS) is 17.3. The van der Waals surface area contributed by atoms with Crippen LogP contribution in [0.3, 0.4) is 0 Å². The van der Waals surface area contributed by atoms with Crippen molar-refractivity contribution in [2.75, 3.05) is 4.90 Å². The van der Waals surface area contributed by atoms with Crippen LogP contribution >= 0.6 is 12.4 Å². The molecule has 0 saturated carbocycles. The van der Waals surface area contributed by atoms with E-state index in [-0.39, 0.29) is 24.9 Å². The maximum Gasteiger partial charge on any atom is 0.244 e. The number of hydrogen-bond acceptors (Lipinski definition) is 2. The molecule has 23 heavy (non-hydrogen) atoms. The number of nitrogens with zero attached hydrogens (tertiary/aromatic N) is 1. The molecule has 6 heteroatoms. The van der Waals surface area contributed by atoms with Crippen LogP contribution < -0.4 is 10.6 Å². The van der Waals surface area contributed by atoms with Crippen LogP contribution in [0.5, 0.6) is 0 Å². The Morgan fingerprint density at radius 3 is 2.48 bits per heavy atom. The molecule has 3 nitrogen and oxygen atoms in total. The van der Waals surface area contributed by atoms with Gasteiger partial charge < -0.3 is 10.6 Å². The van der Waals surface area contributed by atoms with Gasteiger partial charge in [0.05, 0.1) is 12.6 Å². The number of hydrogen-bond donors (Lipinski definition) is 1. The first-order valence-electron chi connectivity index (χ1n) is 7.14. The monoisotopic (exact) mass is 338 g/mol. The maximum atomic E-state index is 13.4. The molecule has 0 radical (unpaired) electrons. The average molecular weight is 339 g/mol. The van der Waals surface area contributed by atoms with Gasteiger partial charge in [-0.15, -0.1) is 12.4 Å². The van der Waals surface area contributed by atoms with Crippen molar-refractivity contribution in [2.45, 2.75) is 25.4 Å². The standard InChI is InChI=1S/C17H16F2N2O.ClH/c18-13-7-11(8-14(19)9-13)10-21-16-4-2-1-3-12(16)5-6-15(20)17(21)22;/h1-4,7-9,15H,5-6,10,20H2;1H. The molecule has 1 aliphatic heterocycles. The van der Waals surface area contributed by atoms with E-state index >= 15 is 0 Å². The Balaban J connectivity index is 0.00000192. The van der Waals surface area contributed by atoms with E-state index in [1.165, 1.54) is 17.0 Å². The minimum atomic E-state index is -0.658. The SMILES string of the molecule is Cl.NC1CCc2ccccc2N(Cc2cc(F)cc(F)c2)C1=O. The number of fused-ring (bicyclic) bond motifs is 1. The smallest absolute Gasteiger partial charge is 0.244 e. The molecule has 0 saturated heterocycles.